The van der Waals surface area contributed by atoms with Gasteiger partial charge in [0, 0.05) is 16.8 Å². The number of halogens is 1. The molecule has 35 heavy (non-hydrogen) atoms. The zero-order valence-corrected chi connectivity index (χ0v) is 20.3. The summed E-state index contributed by atoms with van der Waals surface area (Å²) in [6.07, 6.45) is 0.500. The van der Waals surface area contributed by atoms with Crippen molar-refractivity contribution in [1.82, 2.24) is 15.2 Å². The van der Waals surface area contributed by atoms with Gasteiger partial charge in [-0.25, -0.2) is 9.78 Å². The number of nitrogens with one attached hydrogen (secondary N) is 1. The fourth-order valence-electron chi connectivity index (χ4n) is 3.39. The van der Waals surface area contributed by atoms with Crippen molar-refractivity contribution in [3.05, 3.63) is 89.4 Å². The fraction of sp³-hybridized carbons (Fsp3) is 0.115. The molecule has 4 rings (SSSR count). The SMILES string of the molecule is CCC(Sc1nnc(-c2ccccc2)c(-c2ccccc2)n1)C(=O)Nc1ccc(Cl)c(C(=O)O)c1. The van der Waals surface area contributed by atoms with Gasteiger partial charge in [-0.1, -0.05) is 91.0 Å². The predicted octanol–water partition coefficient (Wildman–Crippen LogP) is 6.07. The molecule has 1 unspecified atom stereocenters. The lowest BCUT2D eigenvalue weighted by molar-refractivity contribution is -0.115. The highest BCUT2D eigenvalue weighted by molar-refractivity contribution is 8.00. The first-order valence-corrected chi connectivity index (χ1v) is 12.1. The average Bonchev–Trinajstić information content (AvgIpc) is 2.89. The van der Waals surface area contributed by atoms with Crippen LogP contribution < -0.4 is 5.32 Å². The minimum absolute atomic E-state index is 0.0818. The molecule has 0 saturated heterocycles. The maximum absolute atomic E-state index is 13.0. The van der Waals surface area contributed by atoms with Crippen molar-refractivity contribution in [2.45, 2.75) is 23.8 Å². The summed E-state index contributed by atoms with van der Waals surface area (Å²) < 4.78 is 0. The van der Waals surface area contributed by atoms with Crippen molar-refractivity contribution in [2.24, 2.45) is 0 Å². The fourth-order valence-corrected chi connectivity index (χ4v) is 4.41. The van der Waals surface area contributed by atoms with Gasteiger partial charge in [0.1, 0.15) is 11.4 Å². The average molecular weight is 505 g/mol. The van der Waals surface area contributed by atoms with Gasteiger partial charge < -0.3 is 10.4 Å². The van der Waals surface area contributed by atoms with Crippen LogP contribution in [0.1, 0.15) is 23.7 Å². The summed E-state index contributed by atoms with van der Waals surface area (Å²) in [5.74, 6) is -1.47. The van der Waals surface area contributed by atoms with Crippen LogP contribution in [0.15, 0.2) is 84.0 Å². The van der Waals surface area contributed by atoms with E-state index in [9.17, 15) is 14.7 Å². The molecule has 9 heteroatoms. The van der Waals surface area contributed by atoms with Crippen molar-refractivity contribution in [1.29, 1.82) is 0 Å². The van der Waals surface area contributed by atoms with Gasteiger partial charge in [-0.2, -0.15) is 0 Å². The van der Waals surface area contributed by atoms with Crippen molar-refractivity contribution in [3.63, 3.8) is 0 Å². The van der Waals surface area contributed by atoms with Gasteiger partial charge in [0.25, 0.3) is 0 Å². The molecular formula is C26H21ClN4O3S. The molecule has 7 nitrogen and oxygen atoms in total. The van der Waals surface area contributed by atoms with Crippen LogP contribution in [0.25, 0.3) is 22.5 Å². The third-order valence-electron chi connectivity index (χ3n) is 5.14. The van der Waals surface area contributed by atoms with Crippen molar-refractivity contribution >= 4 is 40.9 Å². The molecule has 1 heterocycles. The number of carboxylic acids is 1. The van der Waals surface area contributed by atoms with Crippen molar-refractivity contribution in [2.75, 3.05) is 5.32 Å². The van der Waals surface area contributed by atoms with Crippen LogP contribution in [0.3, 0.4) is 0 Å². The van der Waals surface area contributed by atoms with E-state index < -0.39 is 11.2 Å². The maximum Gasteiger partial charge on any atom is 0.337 e. The van der Waals surface area contributed by atoms with Crippen molar-refractivity contribution in [3.8, 4) is 22.5 Å². The van der Waals surface area contributed by atoms with Crippen LogP contribution in [-0.2, 0) is 4.79 Å². The lowest BCUT2D eigenvalue weighted by atomic mass is 10.0. The van der Waals surface area contributed by atoms with E-state index >= 15 is 0 Å². The second kappa shape index (κ2) is 11.1. The molecule has 1 atom stereocenters. The first-order chi connectivity index (χ1) is 17.0. The Morgan fingerprint density at radius 3 is 2.17 bits per heavy atom. The smallest absolute Gasteiger partial charge is 0.337 e. The highest BCUT2D eigenvalue weighted by Crippen LogP contribution is 2.31. The quantitative estimate of drug-likeness (QED) is 0.281. The van der Waals surface area contributed by atoms with E-state index in [2.05, 4.69) is 15.5 Å². The van der Waals surface area contributed by atoms with Gasteiger partial charge in [0.2, 0.25) is 11.1 Å². The van der Waals surface area contributed by atoms with Crippen LogP contribution in [0.5, 0.6) is 0 Å². The first kappa shape index (κ1) is 24.4. The summed E-state index contributed by atoms with van der Waals surface area (Å²) in [6, 6.07) is 23.7. The molecule has 0 spiro atoms. The van der Waals surface area contributed by atoms with E-state index in [1.54, 1.807) is 6.07 Å². The number of hydrogen-bond donors (Lipinski definition) is 2. The zero-order chi connectivity index (χ0) is 24.8. The van der Waals surface area contributed by atoms with Gasteiger partial charge in [-0.05, 0) is 24.6 Å². The lowest BCUT2D eigenvalue weighted by Crippen LogP contribution is -2.25. The normalized spacial score (nSPS) is 11.6. The predicted molar refractivity (Wildman–Crippen MR) is 138 cm³/mol. The molecule has 0 radical (unpaired) electrons. The number of benzene rings is 3. The first-order valence-electron chi connectivity index (χ1n) is 10.8. The summed E-state index contributed by atoms with van der Waals surface area (Å²) in [7, 11) is 0. The van der Waals surface area contributed by atoms with Gasteiger partial charge in [0.15, 0.2) is 0 Å². The van der Waals surface area contributed by atoms with E-state index in [1.807, 2.05) is 67.6 Å². The number of nitrogens with zero attached hydrogens (tertiary/aromatic N) is 3. The Kier molecular flexibility index (Phi) is 7.74. The number of hydrogen-bond acceptors (Lipinski definition) is 6. The Balaban J connectivity index is 1.60. The molecule has 0 aliphatic heterocycles. The van der Waals surface area contributed by atoms with E-state index in [0.717, 1.165) is 11.1 Å². The van der Waals surface area contributed by atoms with Crippen molar-refractivity contribution < 1.29 is 14.7 Å². The number of thioether (sulfide) groups is 1. The molecule has 0 bridgehead atoms. The van der Waals surface area contributed by atoms with Gasteiger partial charge in [-0.15, -0.1) is 10.2 Å². The highest BCUT2D eigenvalue weighted by atomic mass is 35.5. The maximum atomic E-state index is 13.0. The van der Waals surface area contributed by atoms with Crippen LogP contribution in [-0.4, -0.2) is 37.4 Å². The molecule has 4 aromatic rings. The van der Waals surface area contributed by atoms with Crippen LogP contribution in [0.4, 0.5) is 5.69 Å². The molecule has 0 saturated carbocycles. The Bertz CT molecular complexity index is 1350. The number of carbonyl (C=O) groups is 2. The summed E-state index contributed by atoms with van der Waals surface area (Å²) in [4.78, 5) is 29.1. The monoisotopic (exact) mass is 504 g/mol. The number of carbonyl (C=O) groups excluding carboxylic acids is 1. The molecule has 1 amide bonds. The Labute approximate surface area is 211 Å². The van der Waals surface area contributed by atoms with Gasteiger partial charge >= 0.3 is 5.97 Å². The second-order valence-electron chi connectivity index (χ2n) is 7.53. The van der Waals surface area contributed by atoms with Crippen LogP contribution >= 0.6 is 23.4 Å². The number of amides is 1. The largest absolute Gasteiger partial charge is 0.478 e. The lowest BCUT2D eigenvalue weighted by Gasteiger charge is -2.15. The number of rotatable bonds is 8. The Morgan fingerprint density at radius 2 is 1.57 bits per heavy atom. The summed E-state index contributed by atoms with van der Waals surface area (Å²) in [5.41, 5.74) is 3.38. The molecule has 1 aromatic heterocycles. The highest BCUT2D eigenvalue weighted by Gasteiger charge is 2.22. The Hall–Kier alpha value is -3.75. The topological polar surface area (TPSA) is 105 Å². The molecule has 3 aromatic carbocycles. The van der Waals surface area contributed by atoms with Crippen LogP contribution in [0, 0.1) is 0 Å². The standard InChI is InChI=1S/C26H21ClN4O3S/c1-2-21(24(32)28-18-13-14-20(27)19(15-18)25(33)34)35-26-29-22(16-9-5-3-6-10-16)23(30-31-26)17-11-7-4-8-12-17/h3-15,21H,2H2,1H3,(H,28,32)(H,33,34). The molecular weight excluding hydrogens is 484 g/mol. The molecule has 0 fully saturated rings. The zero-order valence-electron chi connectivity index (χ0n) is 18.7. The number of aromatic carboxylic acids is 1. The van der Waals surface area contributed by atoms with E-state index in [1.165, 1.54) is 23.9 Å². The Morgan fingerprint density at radius 1 is 0.943 bits per heavy atom. The van der Waals surface area contributed by atoms with Gasteiger partial charge in [-0.3, -0.25) is 4.79 Å². The van der Waals surface area contributed by atoms with E-state index in [4.69, 9.17) is 16.6 Å². The summed E-state index contributed by atoms with van der Waals surface area (Å²) in [5, 5.41) is 20.7. The van der Waals surface area contributed by atoms with E-state index in [0.29, 0.717) is 28.7 Å². The number of anilines is 1. The summed E-state index contributed by atoms with van der Waals surface area (Å²) >= 11 is 7.13. The third-order valence-corrected chi connectivity index (χ3v) is 6.68. The molecule has 176 valence electrons. The molecule has 0 aliphatic rings. The van der Waals surface area contributed by atoms with Gasteiger partial charge in [0.05, 0.1) is 15.8 Å². The second-order valence-corrected chi connectivity index (χ2v) is 9.10. The summed E-state index contributed by atoms with van der Waals surface area (Å²) in [6.45, 7) is 1.88. The molecule has 0 aliphatic carbocycles. The minimum atomic E-state index is -1.17. The molecule has 2 N–H and O–H groups in total. The number of carboxylic acid groups (broad SMARTS) is 1. The minimum Gasteiger partial charge on any atom is -0.478 e. The number of aromatic nitrogens is 3. The third kappa shape index (κ3) is 5.85. The van der Waals surface area contributed by atoms with Crippen LogP contribution in [0.2, 0.25) is 5.02 Å². The van der Waals surface area contributed by atoms with E-state index in [-0.39, 0.29) is 16.5 Å².